The van der Waals surface area contributed by atoms with Crippen molar-refractivity contribution in [3.8, 4) is 22.7 Å². The quantitative estimate of drug-likeness (QED) is 0.489. The van der Waals surface area contributed by atoms with Gasteiger partial charge in [0.05, 0.1) is 38.4 Å². The Bertz CT molecular complexity index is 1230. The minimum absolute atomic E-state index is 0.443. The van der Waals surface area contributed by atoms with Crippen molar-refractivity contribution in [2.75, 3.05) is 57.5 Å². The number of carbonyl (C=O) groups excluding carboxylic acids is 1. The van der Waals surface area contributed by atoms with Crippen molar-refractivity contribution < 1.29 is 18.7 Å². The second-order valence-corrected chi connectivity index (χ2v) is 9.07. The molecule has 2 aliphatic heterocycles. The number of nitrogens with zero attached hydrogens (tertiary/aromatic N) is 3. The maximum absolute atomic E-state index is 12.4. The molecule has 3 aromatic rings. The number of ether oxygens (including phenoxy) is 2. The molecule has 8 heteroatoms. The summed E-state index contributed by atoms with van der Waals surface area (Å²) in [4.78, 5) is 22.0. The molecule has 1 aromatic carbocycles. The molecule has 2 N–H and O–H groups in total. The Morgan fingerprint density at radius 2 is 1.76 bits per heavy atom. The molecule has 34 heavy (non-hydrogen) atoms. The highest BCUT2D eigenvalue weighted by molar-refractivity contribution is 5.98. The van der Waals surface area contributed by atoms with E-state index in [9.17, 15) is 4.79 Å². The van der Waals surface area contributed by atoms with Gasteiger partial charge in [-0.2, -0.15) is 0 Å². The molecule has 0 atom stereocenters. The Labute approximate surface area is 198 Å². The fourth-order valence-corrected chi connectivity index (χ4v) is 5.10. The summed E-state index contributed by atoms with van der Waals surface area (Å²) in [6.45, 7) is 7.37. The number of pyridine rings is 1. The number of primary amides is 1. The van der Waals surface area contributed by atoms with Gasteiger partial charge in [0.25, 0.3) is 0 Å². The van der Waals surface area contributed by atoms with E-state index in [2.05, 4.69) is 28.0 Å². The van der Waals surface area contributed by atoms with Crippen LogP contribution >= 0.6 is 0 Å². The van der Waals surface area contributed by atoms with Gasteiger partial charge in [-0.05, 0) is 35.4 Å². The number of nitrogens with two attached hydrogens (primary N) is 1. The molecular weight excluding hydrogens is 432 g/mol. The summed E-state index contributed by atoms with van der Waals surface area (Å²) < 4.78 is 16.8. The van der Waals surface area contributed by atoms with Crippen LogP contribution in [0.15, 0.2) is 41.0 Å². The largest absolute Gasteiger partial charge is 0.462 e. The van der Waals surface area contributed by atoms with Crippen LogP contribution in [0.5, 0.6) is 0 Å². The second kappa shape index (κ2) is 8.87. The van der Waals surface area contributed by atoms with E-state index >= 15 is 0 Å². The van der Waals surface area contributed by atoms with E-state index in [-0.39, 0.29) is 0 Å². The molecular formula is C26H28N4O4. The van der Waals surface area contributed by atoms with E-state index in [0.717, 1.165) is 81.5 Å². The van der Waals surface area contributed by atoms with Gasteiger partial charge in [-0.3, -0.25) is 9.69 Å². The zero-order valence-electron chi connectivity index (χ0n) is 19.1. The van der Waals surface area contributed by atoms with Crippen LogP contribution in [0, 0.1) is 0 Å². The normalized spacial score (nSPS) is 18.1. The van der Waals surface area contributed by atoms with Gasteiger partial charge in [0.1, 0.15) is 5.69 Å². The van der Waals surface area contributed by atoms with Crippen molar-refractivity contribution in [1.29, 1.82) is 0 Å². The lowest BCUT2D eigenvalue weighted by Crippen LogP contribution is -2.36. The Kier molecular flexibility index (Phi) is 5.57. The van der Waals surface area contributed by atoms with Gasteiger partial charge >= 0.3 is 0 Å². The molecule has 4 heterocycles. The lowest BCUT2D eigenvalue weighted by atomic mass is 10.0. The fourth-order valence-electron chi connectivity index (χ4n) is 5.10. The fraction of sp³-hybridized carbons (Fsp3) is 0.385. The smallest absolute Gasteiger partial charge is 0.249 e. The Morgan fingerprint density at radius 1 is 1.00 bits per heavy atom. The van der Waals surface area contributed by atoms with Gasteiger partial charge < -0.3 is 24.5 Å². The van der Waals surface area contributed by atoms with E-state index in [0.29, 0.717) is 23.4 Å². The van der Waals surface area contributed by atoms with E-state index in [1.807, 2.05) is 6.07 Å². The van der Waals surface area contributed by atoms with Crippen LogP contribution in [0.2, 0.25) is 0 Å². The maximum Gasteiger partial charge on any atom is 0.249 e. The van der Waals surface area contributed by atoms with Gasteiger partial charge in [-0.25, -0.2) is 4.98 Å². The third-order valence-electron chi connectivity index (χ3n) is 6.89. The van der Waals surface area contributed by atoms with Crippen molar-refractivity contribution >= 4 is 11.6 Å². The Hall–Kier alpha value is -3.20. The molecule has 2 saturated heterocycles. The van der Waals surface area contributed by atoms with Crippen LogP contribution in [0.25, 0.3) is 22.7 Å². The third-order valence-corrected chi connectivity index (χ3v) is 6.89. The summed E-state index contributed by atoms with van der Waals surface area (Å²) in [5.74, 6) is 0.202. The predicted molar refractivity (Wildman–Crippen MR) is 128 cm³/mol. The summed E-state index contributed by atoms with van der Waals surface area (Å²) in [6.07, 6.45) is 2.42. The first-order valence-corrected chi connectivity index (χ1v) is 11.8. The average molecular weight is 461 g/mol. The standard InChI is InChI=1S/C26H28N4O4/c27-26(31)22-14-23(24-11-17(16-34-24)15-29-3-7-32-8-4-29)28-25-20-2-1-19(12-18(20)13-21(22)25)30-5-9-33-10-6-30/h1-2,11-12,14,16H,3-10,13,15H2,(H2,27,31). The first-order chi connectivity index (χ1) is 16.7. The molecule has 2 fully saturated rings. The zero-order valence-corrected chi connectivity index (χ0v) is 19.1. The minimum Gasteiger partial charge on any atom is -0.462 e. The highest BCUT2D eigenvalue weighted by Crippen LogP contribution is 2.40. The van der Waals surface area contributed by atoms with Crippen molar-refractivity contribution in [3.63, 3.8) is 0 Å². The molecule has 1 aliphatic carbocycles. The van der Waals surface area contributed by atoms with E-state index in [1.54, 1.807) is 12.3 Å². The molecule has 0 spiro atoms. The number of furan rings is 1. The lowest BCUT2D eigenvalue weighted by molar-refractivity contribution is 0.0341. The van der Waals surface area contributed by atoms with Crippen molar-refractivity contribution in [3.05, 3.63) is 58.8 Å². The highest BCUT2D eigenvalue weighted by Gasteiger charge is 2.27. The first-order valence-electron chi connectivity index (χ1n) is 11.8. The van der Waals surface area contributed by atoms with E-state index < -0.39 is 5.91 Å². The van der Waals surface area contributed by atoms with Crippen molar-refractivity contribution in [1.82, 2.24) is 9.88 Å². The lowest BCUT2D eigenvalue weighted by Gasteiger charge is -2.29. The number of carbonyl (C=O) groups is 1. The minimum atomic E-state index is -0.443. The van der Waals surface area contributed by atoms with Gasteiger partial charge in [-0.1, -0.05) is 6.07 Å². The van der Waals surface area contributed by atoms with Crippen LogP contribution in [0.3, 0.4) is 0 Å². The van der Waals surface area contributed by atoms with Crippen LogP contribution < -0.4 is 10.6 Å². The van der Waals surface area contributed by atoms with Gasteiger partial charge in [-0.15, -0.1) is 0 Å². The number of benzene rings is 1. The molecule has 8 nitrogen and oxygen atoms in total. The highest BCUT2D eigenvalue weighted by atomic mass is 16.5. The molecule has 1 amide bonds. The average Bonchev–Trinajstić information content (AvgIpc) is 3.48. The number of rotatable bonds is 5. The van der Waals surface area contributed by atoms with Crippen LogP contribution in [0.4, 0.5) is 5.69 Å². The van der Waals surface area contributed by atoms with Gasteiger partial charge in [0.2, 0.25) is 5.91 Å². The Morgan fingerprint density at radius 3 is 2.53 bits per heavy atom. The predicted octanol–water partition coefficient (Wildman–Crippen LogP) is 2.68. The molecule has 0 bridgehead atoms. The number of aromatic nitrogens is 1. The number of morpholine rings is 2. The number of amides is 1. The van der Waals surface area contributed by atoms with Crippen LogP contribution in [-0.2, 0) is 22.4 Å². The molecule has 0 unspecified atom stereocenters. The van der Waals surface area contributed by atoms with Crippen molar-refractivity contribution in [2.45, 2.75) is 13.0 Å². The summed E-state index contributed by atoms with van der Waals surface area (Å²) in [5, 5.41) is 0. The van der Waals surface area contributed by atoms with Crippen LogP contribution in [0.1, 0.15) is 27.0 Å². The molecule has 0 radical (unpaired) electrons. The molecule has 6 rings (SSSR count). The van der Waals surface area contributed by atoms with E-state index in [4.69, 9.17) is 24.6 Å². The zero-order chi connectivity index (χ0) is 23.1. The van der Waals surface area contributed by atoms with Gasteiger partial charge in [0.15, 0.2) is 5.76 Å². The molecule has 176 valence electrons. The summed E-state index contributed by atoms with van der Waals surface area (Å²) in [6, 6.07) is 10.2. The van der Waals surface area contributed by atoms with Crippen molar-refractivity contribution in [2.24, 2.45) is 5.73 Å². The number of fused-ring (bicyclic) bond motifs is 3. The summed E-state index contributed by atoms with van der Waals surface area (Å²) >= 11 is 0. The SMILES string of the molecule is NC(=O)c1cc(-c2cc(CN3CCOCC3)co2)nc2c1Cc1cc(N3CCOCC3)ccc1-2. The monoisotopic (exact) mass is 460 g/mol. The maximum atomic E-state index is 12.4. The number of hydrogen-bond acceptors (Lipinski definition) is 7. The molecule has 3 aliphatic rings. The summed E-state index contributed by atoms with van der Waals surface area (Å²) in [5.41, 5.74) is 13.1. The van der Waals surface area contributed by atoms with E-state index in [1.165, 1.54) is 11.3 Å². The first kappa shape index (κ1) is 21.3. The second-order valence-electron chi connectivity index (χ2n) is 9.07. The summed E-state index contributed by atoms with van der Waals surface area (Å²) in [7, 11) is 0. The Balaban J connectivity index is 1.32. The third kappa shape index (κ3) is 3.98. The van der Waals surface area contributed by atoms with Gasteiger partial charge in [0, 0.05) is 61.5 Å². The van der Waals surface area contributed by atoms with Crippen LogP contribution in [-0.4, -0.2) is 68.4 Å². The number of anilines is 1. The molecule has 2 aromatic heterocycles. The number of hydrogen-bond donors (Lipinski definition) is 1. The topological polar surface area (TPSA) is 94.1 Å². The molecule has 0 saturated carbocycles.